The molecular formula is C14H12F2N4O2. The fourth-order valence-corrected chi connectivity index (χ4v) is 1.58. The van der Waals surface area contributed by atoms with Gasteiger partial charge in [0, 0.05) is 17.8 Å². The average molecular weight is 306 g/mol. The van der Waals surface area contributed by atoms with Crippen molar-refractivity contribution in [3.8, 4) is 0 Å². The maximum Gasteiger partial charge on any atom is 0.244 e. The van der Waals surface area contributed by atoms with Crippen LogP contribution in [-0.2, 0) is 9.59 Å². The van der Waals surface area contributed by atoms with Crippen LogP contribution in [0.1, 0.15) is 5.56 Å². The number of amides is 2. The number of hydrogen-bond donors (Lipinski definition) is 3. The number of hydrogen-bond acceptors (Lipinski definition) is 3. The molecule has 0 aliphatic rings. The van der Waals surface area contributed by atoms with E-state index in [1.807, 2.05) is 0 Å². The quantitative estimate of drug-likeness (QED) is 0.731. The molecule has 2 aromatic rings. The van der Waals surface area contributed by atoms with Crippen LogP contribution < -0.4 is 10.6 Å². The molecule has 1 heterocycles. The van der Waals surface area contributed by atoms with E-state index in [0.717, 1.165) is 24.3 Å². The molecule has 2 amide bonds. The highest BCUT2D eigenvalue weighted by Gasteiger charge is 2.07. The van der Waals surface area contributed by atoms with Crippen molar-refractivity contribution in [2.45, 2.75) is 0 Å². The molecule has 0 spiro atoms. The van der Waals surface area contributed by atoms with Crippen molar-refractivity contribution in [3.63, 3.8) is 0 Å². The van der Waals surface area contributed by atoms with Gasteiger partial charge in [-0.2, -0.15) is 5.10 Å². The van der Waals surface area contributed by atoms with Crippen LogP contribution in [0.2, 0.25) is 0 Å². The van der Waals surface area contributed by atoms with E-state index in [0.29, 0.717) is 5.69 Å². The number of H-pyrrole nitrogens is 1. The van der Waals surface area contributed by atoms with E-state index >= 15 is 0 Å². The molecule has 0 bridgehead atoms. The first-order valence-corrected chi connectivity index (χ1v) is 6.25. The van der Waals surface area contributed by atoms with Crippen molar-refractivity contribution >= 4 is 23.6 Å². The Bertz CT molecular complexity index is 679. The molecule has 0 aliphatic heterocycles. The van der Waals surface area contributed by atoms with Crippen LogP contribution in [0.15, 0.2) is 36.7 Å². The van der Waals surface area contributed by atoms with E-state index in [1.165, 1.54) is 18.5 Å². The Kier molecular flexibility index (Phi) is 4.97. The summed E-state index contributed by atoms with van der Waals surface area (Å²) in [5.41, 5.74) is 0.142. The Hall–Kier alpha value is -3.03. The van der Waals surface area contributed by atoms with Crippen molar-refractivity contribution in [2.75, 3.05) is 11.9 Å². The zero-order valence-electron chi connectivity index (χ0n) is 11.3. The van der Waals surface area contributed by atoms with E-state index in [9.17, 15) is 18.4 Å². The Morgan fingerprint density at radius 3 is 2.64 bits per heavy atom. The van der Waals surface area contributed by atoms with E-state index < -0.39 is 23.4 Å². The molecule has 2 rings (SSSR count). The first kappa shape index (κ1) is 15.4. The second kappa shape index (κ2) is 7.11. The third-order valence-corrected chi connectivity index (χ3v) is 2.61. The highest BCUT2D eigenvalue weighted by atomic mass is 19.1. The number of aromatic amines is 1. The maximum atomic E-state index is 13.3. The fraction of sp³-hybridized carbons (Fsp3) is 0.0714. The number of halogens is 2. The van der Waals surface area contributed by atoms with Crippen molar-refractivity contribution in [1.82, 2.24) is 15.5 Å². The van der Waals surface area contributed by atoms with Crippen molar-refractivity contribution < 1.29 is 18.4 Å². The van der Waals surface area contributed by atoms with Gasteiger partial charge in [-0.3, -0.25) is 14.7 Å². The van der Waals surface area contributed by atoms with Gasteiger partial charge in [-0.15, -0.1) is 0 Å². The lowest BCUT2D eigenvalue weighted by molar-refractivity contribution is -0.121. The predicted molar refractivity (Wildman–Crippen MR) is 75.6 cm³/mol. The number of aromatic nitrogens is 2. The number of anilines is 1. The summed E-state index contributed by atoms with van der Waals surface area (Å²) in [6.45, 7) is -0.284. The molecule has 3 N–H and O–H groups in total. The van der Waals surface area contributed by atoms with E-state index in [-0.39, 0.29) is 12.1 Å². The summed E-state index contributed by atoms with van der Waals surface area (Å²) in [6.07, 6.45) is 4.84. The molecule has 114 valence electrons. The molecule has 0 unspecified atom stereocenters. The minimum absolute atomic E-state index is 0.284. The lowest BCUT2D eigenvalue weighted by Crippen LogP contribution is -2.31. The minimum Gasteiger partial charge on any atom is -0.343 e. The molecule has 0 atom stereocenters. The van der Waals surface area contributed by atoms with Crippen LogP contribution in [0.25, 0.3) is 6.08 Å². The number of nitrogens with zero attached hydrogens (tertiary/aromatic N) is 1. The topological polar surface area (TPSA) is 86.9 Å². The van der Waals surface area contributed by atoms with Gasteiger partial charge < -0.3 is 10.6 Å². The lowest BCUT2D eigenvalue weighted by atomic mass is 10.2. The normalized spacial score (nSPS) is 10.6. The van der Waals surface area contributed by atoms with Crippen LogP contribution >= 0.6 is 0 Å². The molecule has 8 heteroatoms. The molecule has 0 aliphatic carbocycles. The average Bonchev–Trinajstić information content (AvgIpc) is 2.97. The SMILES string of the molecule is O=C(C=Cc1c(F)cccc1F)NCC(=O)Nc1cn[nH]c1. The van der Waals surface area contributed by atoms with Crippen LogP contribution in [0.5, 0.6) is 0 Å². The Morgan fingerprint density at radius 2 is 2.00 bits per heavy atom. The molecule has 6 nitrogen and oxygen atoms in total. The highest BCUT2D eigenvalue weighted by Crippen LogP contribution is 2.13. The first-order chi connectivity index (χ1) is 10.6. The monoisotopic (exact) mass is 306 g/mol. The summed E-state index contributed by atoms with van der Waals surface area (Å²) in [6, 6.07) is 3.39. The number of rotatable bonds is 5. The van der Waals surface area contributed by atoms with Gasteiger partial charge in [0.2, 0.25) is 11.8 Å². The van der Waals surface area contributed by atoms with E-state index in [1.54, 1.807) is 0 Å². The smallest absolute Gasteiger partial charge is 0.244 e. The van der Waals surface area contributed by atoms with E-state index in [2.05, 4.69) is 20.8 Å². The zero-order valence-corrected chi connectivity index (χ0v) is 11.3. The third kappa shape index (κ3) is 4.23. The highest BCUT2D eigenvalue weighted by molar-refractivity contribution is 5.97. The number of carbonyl (C=O) groups excluding carboxylic acids is 2. The van der Waals surface area contributed by atoms with Crippen molar-refractivity contribution in [2.24, 2.45) is 0 Å². The van der Waals surface area contributed by atoms with Gasteiger partial charge in [0.15, 0.2) is 0 Å². The summed E-state index contributed by atoms with van der Waals surface area (Å²) in [5.74, 6) is -2.66. The summed E-state index contributed by atoms with van der Waals surface area (Å²) in [7, 11) is 0. The summed E-state index contributed by atoms with van der Waals surface area (Å²) < 4.78 is 26.7. The Balaban J connectivity index is 1.85. The van der Waals surface area contributed by atoms with Gasteiger partial charge in [0.05, 0.1) is 18.4 Å². The van der Waals surface area contributed by atoms with Gasteiger partial charge in [-0.1, -0.05) is 6.07 Å². The third-order valence-electron chi connectivity index (χ3n) is 2.61. The summed E-state index contributed by atoms with van der Waals surface area (Å²) in [4.78, 5) is 23.0. The van der Waals surface area contributed by atoms with Crippen LogP contribution in [0.3, 0.4) is 0 Å². The number of nitrogens with one attached hydrogen (secondary N) is 3. The molecule has 1 aromatic heterocycles. The molecule has 0 fully saturated rings. The molecule has 0 saturated carbocycles. The maximum absolute atomic E-state index is 13.3. The molecule has 0 radical (unpaired) electrons. The minimum atomic E-state index is -0.776. The Morgan fingerprint density at radius 1 is 1.27 bits per heavy atom. The van der Waals surface area contributed by atoms with Crippen LogP contribution in [-0.4, -0.2) is 28.6 Å². The second-order valence-electron chi connectivity index (χ2n) is 4.22. The van der Waals surface area contributed by atoms with Gasteiger partial charge >= 0.3 is 0 Å². The van der Waals surface area contributed by atoms with Crippen molar-refractivity contribution in [3.05, 3.63) is 53.9 Å². The summed E-state index contributed by atoms with van der Waals surface area (Å²) in [5, 5.41) is 10.9. The molecule has 1 aromatic carbocycles. The largest absolute Gasteiger partial charge is 0.343 e. The molecule has 0 saturated heterocycles. The van der Waals surface area contributed by atoms with Gasteiger partial charge in [-0.05, 0) is 18.2 Å². The number of carbonyl (C=O) groups is 2. The Labute approximate surface area is 124 Å². The fourth-order valence-electron chi connectivity index (χ4n) is 1.58. The lowest BCUT2D eigenvalue weighted by Gasteiger charge is -2.03. The van der Waals surface area contributed by atoms with Crippen LogP contribution in [0, 0.1) is 11.6 Å². The molecule has 22 heavy (non-hydrogen) atoms. The summed E-state index contributed by atoms with van der Waals surface area (Å²) >= 11 is 0. The van der Waals surface area contributed by atoms with E-state index in [4.69, 9.17) is 0 Å². The van der Waals surface area contributed by atoms with Gasteiger partial charge in [0.25, 0.3) is 0 Å². The zero-order chi connectivity index (χ0) is 15.9. The first-order valence-electron chi connectivity index (χ1n) is 6.25. The predicted octanol–water partition coefficient (Wildman–Crippen LogP) is 1.46. The molecular weight excluding hydrogens is 294 g/mol. The van der Waals surface area contributed by atoms with Gasteiger partial charge in [-0.25, -0.2) is 8.78 Å². The number of benzene rings is 1. The standard InChI is InChI=1S/C14H12F2N4O2/c15-11-2-1-3-12(16)10(11)4-5-13(21)17-8-14(22)20-9-6-18-19-7-9/h1-7H,8H2,(H,17,21)(H,18,19)(H,20,22). The second-order valence-corrected chi connectivity index (χ2v) is 4.22. The van der Waals surface area contributed by atoms with Crippen molar-refractivity contribution in [1.29, 1.82) is 0 Å². The van der Waals surface area contributed by atoms with Crippen LogP contribution in [0.4, 0.5) is 14.5 Å². The van der Waals surface area contributed by atoms with Gasteiger partial charge in [0.1, 0.15) is 11.6 Å².